The van der Waals surface area contributed by atoms with Crippen LogP contribution in [0.25, 0.3) is 0 Å². The summed E-state index contributed by atoms with van der Waals surface area (Å²) in [7, 11) is 0. The van der Waals surface area contributed by atoms with Crippen LogP contribution in [0.5, 0.6) is 0 Å². The van der Waals surface area contributed by atoms with Gasteiger partial charge in [-0.25, -0.2) is 0 Å². The summed E-state index contributed by atoms with van der Waals surface area (Å²) >= 11 is 0. The van der Waals surface area contributed by atoms with Gasteiger partial charge in [-0.1, -0.05) is 6.42 Å². The first-order valence-corrected chi connectivity index (χ1v) is 6.10. The lowest BCUT2D eigenvalue weighted by Crippen LogP contribution is -2.45. The van der Waals surface area contributed by atoms with Crippen LogP contribution in [0, 0.1) is 11.8 Å². The highest BCUT2D eigenvalue weighted by molar-refractivity contribution is 5.75. The fourth-order valence-corrected chi connectivity index (χ4v) is 2.09. The Labute approximate surface area is 98.1 Å². The molecule has 0 N–H and O–H groups in total. The SMILES string of the molecule is CC#CCCN1CCCCC1C(=O)OCC. The lowest BCUT2D eigenvalue weighted by Gasteiger charge is -2.33. The molecule has 3 heteroatoms. The quantitative estimate of drug-likeness (QED) is 0.538. The smallest absolute Gasteiger partial charge is 0.323 e. The van der Waals surface area contributed by atoms with E-state index in [1.165, 1.54) is 6.42 Å². The number of carbonyl (C=O) groups excluding carboxylic acids is 1. The highest BCUT2D eigenvalue weighted by Crippen LogP contribution is 2.18. The minimum atomic E-state index is -0.0633. The van der Waals surface area contributed by atoms with E-state index < -0.39 is 0 Å². The van der Waals surface area contributed by atoms with Crippen LogP contribution in [0.4, 0.5) is 0 Å². The number of rotatable bonds is 4. The van der Waals surface area contributed by atoms with E-state index in [1.54, 1.807) is 0 Å². The predicted octanol–water partition coefficient (Wildman–Crippen LogP) is 1.82. The Morgan fingerprint density at radius 2 is 2.31 bits per heavy atom. The Morgan fingerprint density at radius 3 is 3.00 bits per heavy atom. The van der Waals surface area contributed by atoms with E-state index in [0.29, 0.717) is 6.61 Å². The molecule has 0 radical (unpaired) electrons. The molecule has 16 heavy (non-hydrogen) atoms. The van der Waals surface area contributed by atoms with Gasteiger partial charge in [0.25, 0.3) is 0 Å². The van der Waals surface area contributed by atoms with Crippen molar-refractivity contribution in [3.05, 3.63) is 0 Å². The van der Waals surface area contributed by atoms with Crippen LogP contribution in [-0.4, -0.2) is 36.6 Å². The van der Waals surface area contributed by atoms with Gasteiger partial charge in [0.2, 0.25) is 0 Å². The average molecular weight is 223 g/mol. The highest BCUT2D eigenvalue weighted by atomic mass is 16.5. The molecule has 0 bridgehead atoms. The lowest BCUT2D eigenvalue weighted by atomic mass is 10.0. The molecule has 0 aromatic rings. The third kappa shape index (κ3) is 3.86. The molecule has 0 aliphatic carbocycles. The van der Waals surface area contributed by atoms with Gasteiger partial charge >= 0.3 is 5.97 Å². The highest BCUT2D eigenvalue weighted by Gasteiger charge is 2.28. The second kappa shape index (κ2) is 7.29. The summed E-state index contributed by atoms with van der Waals surface area (Å²) in [5.74, 6) is 5.86. The molecule has 0 amide bonds. The normalized spacial score (nSPS) is 21.0. The van der Waals surface area contributed by atoms with Crippen LogP contribution in [0.3, 0.4) is 0 Å². The third-order valence-electron chi connectivity index (χ3n) is 2.87. The van der Waals surface area contributed by atoms with Crippen molar-refractivity contribution < 1.29 is 9.53 Å². The van der Waals surface area contributed by atoms with Crippen molar-refractivity contribution in [3.63, 3.8) is 0 Å². The number of hydrogen-bond donors (Lipinski definition) is 0. The van der Waals surface area contributed by atoms with Gasteiger partial charge in [-0.05, 0) is 33.2 Å². The standard InChI is InChI=1S/C13H21NO2/c1-3-5-7-10-14-11-8-6-9-12(14)13(15)16-4-2/h12H,4,6-11H2,1-2H3. The predicted molar refractivity (Wildman–Crippen MR) is 63.9 cm³/mol. The molecule has 1 aliphatic rings. The van der Waals surface area contributed by atoms with E-state index in [2.05, 4.69) is 16.7 Å². The first-order chi connectivity index (χ1) is 7.79. The monoisotopic (exact) mass is 223 g/mol. The minimum Gasteiger partial charge on any atom is -0.465 e. The summed E-state index contributed by atoms with van der Waals surface area (Å²) in [6, 6.07) is -0.0349. The van der Waals surface area contributed by atoms with Gasteiger partial charge in [0.15, 0.2) is 0 Å². The number of hydrogen-bond acceptors (Lipinski definition) is 3. The molecule has 3 nitrogen and oxygen atoms in total. The van der Waals surface area contributed by atoms with E-state index in [9.17, 15) is 4.79 Å². The molecule has 1 aliphatic heterocycles. The van der Waals surface area contributed by atoms with E-state index in [1.807, 2.05) is 13.8 Å². The first kappa shape index (κ1) is 13.1. The summed E-state index contributed by atoms with van der Waals surface area (Å²) in [5.41, 5.74) is 0. The number of nitrogens with zero attached hydrogens (tertiary/aromatic N) is 1. The average Bonchev–Trinajstić information content (AvgIpc) is 2.30. The van der Waals surface area contributed by atoms with Gasteiger partial charge in [-0.15, -0.1) is 11.8 Å². The molecule has 1 rings (SSSR count). The number of piperidine rings is 1. The summed E-state index contributed by atoms with van der Waals surface area (Å²) in [6.45, 7) is 6.05. The Bertz CT molecular complexity index is 277. The van der Waals surface area contributed by atoms with Gasteiger partial charge in [0.1, 0.15) is 6.04 Å². The molecule has 0 aromatic heterocycles. The Kier molecular flexibility index (Phi) is 5.95. The minimum absolute atomic E-state index is 0.0349. The maximum absolute atomic E-state index is 11.7. The largest absolute Gasteiger partial charge is 0.465 e. The molecular formula is C13H21NO2. The molecule has 0 aromatic carbocycles. The summed E-state index contributed by atoms with van der Waals surface area (Å²) in [4.78, 5) is 14.0. The number of esters is 1. The van der Waals surface area contributed by atoms with E-state index in [0.717, 1.165) is 32.4 Å². The van der Waals surface area contributed by atoms with Gasteiger partial charge in [0.05, 0.1) is 6.61 Å². The summed E-state index contributed by atoms with van der Waals surface area (Å²) in [6.07, 6.45) is 4.07. The Hall–Kier alpha value is -1.01. The van der Waals surface area contributed by atoms with Crippen molar-refractivity contribution in [2.45, 2.75) is 45.6 Å². The van der Waals surface area contributed by atoms with E-state index in [4.69, 9.17) is 4.74 Å². The van der Waals surface area contributed by atoms with Crippen LogP contribution in [-0.2, 0) is 9.53 Å². The van der Waals surface area contributed by atoms with Crippen LogP contribution in [0.2, 0.25) is 0 Å². The van der Waals surface area contributed by atoms with Gasteiger partial charge in [0, 0.05) is 13.0 Å². The Balaban J connectivity index is 2.48. The molecule has 90 valence electrons. The number of ether oxygens (including phenoxy) is 1. The van der Waals surface area contributed by atoms with Crippen molar-refractivity contribution in [2.24, 2.45) is 0 Å². The zero-order valence-electron chi connectivity index (χ0n) is 10.3. The van der Waals surface area contributed by atoms with Crippen molar-refractivity contribution in [3.8, 4) is 11.8 Å². The maximum Gasteiger partial charge on any atom is 0.323 e. The van der Waals surface area contributed by atoms with Crippen molar-refractivity contribution >= 4 is 5.97 Å². The second-order valence-corrected chi connectivity index (χ2v) is 3.98. The fourth-order valence-electron chi connectivity index (χ4n) is 2.09. The fraction of sp³-hybridized carbons (Fsp3) is 0.769. The van der Waals surface area contributed by atoms with Gasteiger partial charge in [-0.2, -0.15) is 0 Å². The zero-order chi connectivity index (χ0) is 11.8. The molecular weight excluding hydrogens is 202 g/mol. The van der Waals surface area contributed by atoms with Crippen LogP contribution < -0.4 is 0 Å². The van der Waals surface area contributed by atoms with Crippen LogP contribution in [0.15, 0.2) is 0 Å². The number of likely N-dealkylation sites (tertiary alicyclic amines) is 1. The molecule has 1 atom stereocenters. The summed E-state index contributed by atoms with van der Waals surface area (Å²) in [5, 5.41) is 0. The molecule has 0 saturated carbocycles. The van der Waals surface area contributed by atoms with Crippen molar-refractivity contribution in [1.82, 2.24) is 4.90 Å². The topological polar surface area (TPSA) is 29.5 Å². The molecule has 1 fully saturated rings. The number of carbonyl (C=O) groups is 1. The van der Waals surface area contributed by atoms with E-state index >= 15 is 0 Å². The van der Waals surface area contributed by atoms with E-state index in [-0.39, 0.29) is 12.0 Å². The van der Waals surface area contributed by atoms with Crippen molar-refractivity contribution in [1.29, 1.82) is 0 Å². The van der Waals surface area contributed by atoms with Crippen LogP contribution in [0.1, 0.15) is 39.5 Å². The molecule has 0 spiro atoms. The Morgan fingerprint density at radius 1 is 1.50 bits per heavy atom. The zero-order valence-corrected chi connectivity index (χ0v) is 10.3. The lowest BCUT2D eigenvalue weighted by molar-refractivity contribution is -0.150. The molecule has 1 saturated heterocycles. The summed E-state index contributed by atoms with van der Waals surface area (Å²) < 4.78 is 5.10. The van der Waals surface area contributed by atoms with Crippen LogP contribution >= 0.6 is 0 Å². The third-order valence-corrected chi connectivity index (χ3v) is 2.87. The van der Waals surface area contributed by atoms with Gasteiger partial charge < -0.3 is 4.74 Å². The van der Waals surface area contributed by atoms with Crippen molar-refractivity contribution in [2.75, 3.05) is 19.7 Å². The molecule has 1 heterocycles. The first-order valence-electron chi connectivity index (χ1n) is 6.10. The molecule has 1 unspecified atom stereocenters. The van der Waals surface area contributed by atoms with Gasteiger partial charge in [-0.3, -0.25) is 9.69 Å². The maximum atomic E-state index is 11.7. The second-order valence-electron chi connectivity index (χ2n) is 3.98.